The van der Waals surface area contributed by atoms with Gasteiger partial charge >= 0.3 is 5.97 Å². The first-order valence-electron chi connectivity index (χ1n) is 7.75. The first-order valence-corrected chi connectivity index (χ1v) is 9.64. The second-order valence-electron chi connectivity index (χ2n) is 4.97. The van der Waals surface area contributed by atoms with Crippen molar-refractivity contribution in [3.05, 3.63) is 36.9 Å². The van der Waals surface area contributed by atoms with Crippen LogP contribution in [0.25, 0.3) is 0 Å². The second-order valence-corrected chi connectivity index (χ2v) is 7.15. The average Bonchev–Trinajstić information content (AvgIpc) is 2.59. The first kappa shape index (κ1) is 21.7. The van der Waals surface area contributed by atoms with Gasteiger partial charge in [0, 0.05) is 18.7 Å². The van der Waals surface area contributed by atoms with Crippen molar-refractivity contribution < 1.29 is 22.7 Å². The molecule has 0 saturated heterocycles. The molecule has 0 aliphatic carbocycles. The fourth-order valence-electron chi connectivity index (χ4n) is 1.77. The lowest BCUT2D eigenvalue weighted by Crippen LogP contribution is -2.34. The van der Waals surface area contributed by atoms with Gasteiger partial charge < -0.3 is 15.4 Å². The topological polar surface area (TPSA) is 114 Å². The molecular weight excluding hydrogens is 378 g/mol. The lowest BCUT2D eigenvalue weighted by molar-refractivity contribution is -0.144. The number of carbonyl (C=O) groups excluding carboxylic acids is 2. The van der Waals surface area contributed by atoms with Crippen LogP contribution in [0.4, 0.5) is 5.69 Å². The molecule has 0 bridgehead atoms. The number of anilines is 1. The number of ether oxygens (including phenoxy) is 1. The summed E-state index contributed by atoms with van der Waals surface area (Å²) < 4.78 is 31.0. The highest BCUT2D eigenvalue weighted by atomic mass is 32.2. The monoisotopic (exact) mass is 399 g/mol. The van der Waals surface area contributed by atoms with E-state index >= 15 is 0 Å². The minimum Gasteiger partial charge on any atom is -0.466 e. The van der Waals surface area contributed by atoms with Crippen molar-refractivity contribution >= 4 is 44.9 Å². The fourth-order valence-corrected chi connectivity index (χ4v) is 3.00. The molecule has 8 nitrogen and oxygen atoms in total. The largest absolute Gasteiger partial charge is 0.466 e. The Morgan fingerprint density at radius 3 is 2.46 bits per heavy atom. The van der Waals surface area contributed by atoms with Crippen LogP contribution in [0.2, 0.25) is 0 Å². The van der Waals surface area contributed by atoms with Gasteiger partial charge in [0.25, 0.3) is 0 Å². The molecule has 1 amide bonds. The smallest absolute Gasteiger partial charge is 0.306 e. The Balaban J connectivity index is 2.53. The zero-order valence-corrected chi connectivity index (χ0v) is 15.9. The van der Waals surface area contributed by atoms with Crippen molar-refractivity contribution in [2.45, 2.75) is 24.7 Å². The van der Waals surface area contributed by atoms with Crippen LogP contribution < -0.4 is 15.4 Å². The van der Waals surface area contributed by atoms with Gasteiger partial charge in [-0.1, -0.05) is 6.08 Å². The van der Waals surface area contributed by atoms with Crippen LogP contribution >= 0.6 is 12.2 Å². The molecule has 0 aliphatic rings. The Labute approximate surface area is 158 Å². The maximum Gasteiger partial charge on any atom is 0.306 e. The molecule has 0 heterocycles. The highest BCUT2D eigenvalue weighted by molar-refractivity contribution is 7.89. The van der Waals surface area contributed by atoms with E-state index in [0.29, 0.717) is 5.69 Å². The van der Waals surface area contributed by atoms with E-state index in [2.05, 4.69) is 21.9 Å². The average molecular weight is 399 g/mol. The van der Waals surface area contributed by atoms with E-state index < -0.39 is 21.9 Å². The maximum atomic E-state index is 11.9. The van der Waals surface area contributed by atoms with E-state index in [4.69, 9.17) is 17.0 Å². The van der Waals surface area contributed by atoms with E-state index in [9.17, 15) is 18.0 Å². The van der Waals surface area contributed by atoms with Crippen LogP contribution in [-0.4, -0.2) is 38.6 Å². The van der Waals surface area contributed by atoms with Crippen LogP contribution in [-0.2, 0) is 24.3 Å². The molecule has 10 heteroatoms. The molecule has 0 spiro atoms. The zero-order valence-electron chi connectivity index (χ0n) is 14.3. The lowest BCUT2D eigenvalue weighted by atomic mass is 10.3. The third-order valence-corrected chi connectivity index (χ3v) is 4.60. The number of carbonyl (C=O) groups is 2. The minimum absolute atomic E-state index is 0.0352. The van der Waals surface area contributed by atoms with Crippen LogP contribution in [0.15, 0.2) is 41.8 Å². The molecule has 1 aromatic carbocycles. The first-order chi connectivity index (χ1) is 12.3. The van der Waals surface area contributed by atoms with E-state index in [-0.39, 0.29) is 36.0 Å². The summed E-state index contributed by atoms with van der Waals surface area (Å²) in [6.07, 6.45) is 1.36. The Morgan fingerprint density at radius 2 is 1.88 bits per heavy atom. The third-order valence-electron chi connectivity index (χ3n) is 2.95. The molecule has 0 atom stereocenters. The zero-order chi connectivity index (χ0) is 19.6. The second kappa shape index (κ2) is 10.6. The van der Waals surface area contributed by atoms with Crippen molar-refractivity contribution in [3.8, 4) is 0 Å². The summed E-state index contributed by atoms with van der Waals surface area (Å²) in [7, 11) is -3.60. The summed E-state index contributed by atoms with van der Waals surface area (Å²) in [6.45, 7) is 5.52. The van der Waals surface area contributed by atoms with Crippen molar-refractivity contribution in [1.29, 1.82) is 0 Å². The molecule has 0 saturated carbocycles. The van der Waals surface area contributed by atoms with Gasteiger partial charge in [-0.3, -0.25) is 9.59 Å². The normalized spacial score (nSPS) is 10.7. The Morgan fingerprint density at radius 1 is 1.23 bits per heavy atom. The fraction of sp³-hybridized carbons (Fsp3) is 0.312. The number of amides is 1. The molecule has 3 N–H and O–H groups in total. The van der Waals surface area contributed by atoms with Gasteiger partial charge in [-0.2, -0.15) is 0 Å². The summed E-state index contributed by atoms with van der Waals surface area (Å²) >= 11 is 5.01. The number of thiocarbonyl (C=S) groups is 1. The molecule has 1 rings (SSSR count). The molecule has 0 fully saturated rings. The van der Waals surface area contributed by atoms with E-state index in [1.165, 1.54) is 30.3 Å². The molecule has 142 valence electrons. The Bertz CT molecular complexity index is 761. The molecule has 0 aliphatic heterocycles. The lowest BCUT2D eigenvalue weighted by Gasteiger charge is -2.10. The number of hydrogen-bond donors (Lipinski definition) is 3. The summed E-state index contributed by atoms with van der Waals surface area (Å²) in [6, 6.07) is 5.83. The van der Waals surface area contributed by atoms with Crippen molar-refractivity contribution in [2.24, 2.45) is 0 Å². The molecular formula is C16H21N3O5S2. The summed E-state index contributed by atoms with van der Waals surface area (Å²) in [5.41, 5.74) is 0.503. The highest BCUT2D eigenvalue weighted by Crippen LogP contribution is 2.13. The van der Waals surface area contributed by atoms with Crippen molar-refractivity contribution in [3.63, 3.8) is 0 Å². The van der Waals surface area contributed by atoms with Gasteiger partial charge in [-0.05, 0) is 43.4 Å². The van der Waals surface area contributed by atoms with Crippen molar-refractivity contribution in [1.82, 2.24) is 10.0 Å². The molecule has 0 unspecified atom stereocenters. The van der Waals surface area contributed by atoms with Gasteiger partial charge in [0.15, 0.2) is 5.11 Å². The number of sulfonamides is 1. The highest BCUT2D eigenvalue weighted by Gasteiger charge is 2.13. The maximum absolute atomic E-state index is 11.9. The van der Waals surface area contributed by atoms with E-state index in [0.717, 1.165) is 0 Å². The summed E-state index contributed by atoms with van der Waals surface area (Å²) in [5, 5.41) is 5.23. The SMILES string of the molecule is C=CCNS(=O)(=O)c1ccc(NC(=S)NC(=O)CCC(=O)OCC)cc1. The number of esters is 1. The molecule has 26 heavy (non-hydrogen) atoms. The standard InChI is InChI=1S/C16H21N3O5S2/c1-3-11-17-26(22,23)13-7-5-12(6-8-13)18-16(25)19-14(20)9-10-15(21)24-4-2/h3,5-8,17H,1,4,9-11H2,2H3,(H2,18,19,20,25). The van der Waals surface area contributed by atoms with Crippen LogP contribution in [0.3, 0.4) is 0 Å². The van der Waals surface area contributed by atoms with Gasteiger partial charge in [-0.15, -0.1) is 6.58 Å². The molecule has 0 radical (unpaired) electrons. The van der Waals surface area contributed by atoms with Crippen LogP contribution in [0.1, 0.15) is 19.8 Å². The quantitative estimate of drug-likeness (QED) is 0.326. The third kappa shape index (κ3) is 7.72. The van der Waals surface area contributed by atoms with E-state index in [1.807, 2.05) is 0 Å². The number of hydrogen-bond acceptors (Lipinski definition) is 6. The Kier molecular flexibility index (Phi) is 8.90. The predicted octanol–water partition coefficient (Wildman–Crippen LogP) is 1.31. The van der Waals surface area contributed by atoms with Crippen molar-refractivity contribution in [2.75, 3.05) is 18.5 Å². The van der Waals surface area contributed by atoms with Gasteiger partial charge in [0.05, 0.1) is 17.9 Å². The van der Waals surface area contributed by atoms with Gasteiger partial charge in [-0.25, -0.2) is 13.1 Å². The predicted molar refractivity (Wildman–Crippen MR) is 102 cm³/mol. The van der Waals surface area contributed by atoms with Gasteiger partial charge in [0.2, 0.25) is 15.9 Å². The number of rotatable bonds is 9. The van der Waals surface area contributed by atoms with E-state index in [1.54, 1.807) is 6.92 Å². The van der Waals surface area contributed by atoms with Crippen LogP contribution in [0.5, 0.6) is 0 Å². The minimum atomic E-state index is -3.60. The van der Waals surface area contributed by atoms with Gasteiger partial charge in [0.1, 0.15) is 0 Å². The Hall–Kier alpha value is -2.30. The molecule has 0 aromatic heterocycles. The molecule has 1 aromatic rings. The summed E-state index contributed by atoms with van der Waals surface area (Å²) in [4.78, 5) is 23.0. The number of benzene rings is 1. The number of nitrogens with one attached hydrogen (secondary N) is 3. The summed E-state index contributed by atoms with van der Waals surface area (Å²) in [5.74, 6) is -0.883. The van der Waals surface area contributed by atoms with Crippen LogP contribution in [0, 0.1) is 0 Å².